The summed E-state index contributed by atoms with van der Waals surface area (Å²) in [5, 5.41) is 10.3. The maximum Gasteiger partial charge on any atom is 0.159 e. The number of hydrogen-bond donors (Lipinski definition) is 1. The molecule has 6 heteroatoms. The number of sulfone groups is 1. The fourth-order valence-electron chi connectivity index (χ4n) is 2.87. The minimum atomic E-state index is -3.03. The van der Waals surface area contributed by atoms with Gasteiger partial charge in [0, 0.05) is 26.9 Å². The Kier molecular flexibility index (Phi) is 5.79. The van der Waals surface area contributed by atoms with Gasteiger partial charge in [-0.25, -0.2) is 8.42 Å². The van der Waals surface area contributed by atoms with Crippen molar-refractivity contribution in [2.24, 2.45) is 5.92 Å². The fraction of sp³-hybridized carbons (Fsp3) is 1.00. The molecule has 1 saturated carbocycles. The molecule has 5 nitrogen and oxygen atoms in total. The Morgan fingerprint density at radius 2 is 1.89 bits per heavy atom. The molecule has 19 heavy (non-hydrogen) atoms. The van der Waals surface area contributed by atoms with E-state index in [4.69, 9.17) is 9.47 Å². The number of ether oxygens (including phenoxy) is 2. The lowest BCUT2D eigenvalue weighted by Crippen LogP contribution is -2.43. The summed E-state index contributed by atoms with van der Waals surface area (Å²) in [7, 11) is 0.0321. The highest BCUT2D eigenvalue weighted by Crippen LogP contribution is 2.37. The first kappa shape index (κ1) is 16.9. The van der Waals surface area contributed by atoms with Crippen LogP contribution in [0.5, 0.6) is 0 Å². The molecule has 0 aromatic rings. The first-order valence-electron chi connectivity index (χ1n) is 6.67. The molecule has 0 amide bonds. The maximum atomic E-state index is 11.7. The third-order valence-corrected chi connectivity index (χ3v) is 5.86. The molecule has 1 N–H and O–H groups in total. The van der Waals surface area contributed by atoms with E-state index in [2.05, 4.69) is 0 Å². The van der Waals surface area contributed by atoms with E-state index >= 15 is 0 Å². The molecule has 0 aliphatic heterocycles. The van der Waals surface area contributed by atoms with E-state index in [0.717, 1.165) is 12.8 Å². The SMILES string of the molecule is COC(CC(C)(O)C1CCCC(S(C)(=O)=O)C1)OC. The van der Waals surface area contributed by atoms with Crippen LogP contribution >= 0.6 is 0 Å². The molecule has 0 heterocycles. The van der Waals surface area contributed by atoms with Crippen LogP contribution in [0, 0.1) is 5.92 Å². The lowest BCUT2D eigenvalue weighted by molar-refractivity contribution is -0.154. The van der Waals surface area contributed by atoms with E-state index in [1.807, 2.05) is 0 Å². The third kappa shape index (κ3) is 4.70. The minimum absolute atomic E-state index is 0.0335. The molecule has 114 valence electrons. The van der Waals surface area contributed by atoms with Crippen molar-refractivity contribution in [1.82, 2.24) is 0 Å². The quantitative estimate of drug-likeness (QED) is 0.749. The average molecular weight is 294 g/mol. The molecule has 1 rings (SSSR count). The van der Waals surface area contributed by atoms with Crippen LogP contribution in [0.15, 0.2) is 0 Å². The first-order chi connectivity index (χ1) is 8.70. The summed E-state index contributed by atoms with van der Waals surface area (Å²) < 4.78 is 33.6. The van der Waals surface area contributed by atoms with Crippen molar-refractivity contribution in [2.45, 2.75) is 56.2 Å². The predicted molar refractivity (Wildman–Crippen MR) is 73.6 cm³/mol. The second kappa shape index (κ2) is 6.52. The summed E-state index contributed by atoms with van der Waals surface area (Å²) in [6, 6.07) is 0. The number of rotatable bonds is 6. The van der Waals surface area contributed by atoms with Gasteiger partial charge < -0.3 is 14.6 Å². The molecule has 3 unspecified atom stereocenters. The lowest BCUT2D eigenvalue weighted by Gasteiger charge is -2.39. The average Bonchev–Trinajstić information content (AvgIpc) is 2.35. The number of methoxy groups -OCH3 is 2. The van der Waals surface area contributed by atoms with Gasteiger partial charge in [-0.3, -0.25) is 0 Å². The summed E-state index contributed by atoms with van der Waals surface area (Å²) in [5.41, 5.74) is -0.972. The molecule has 3 atom stereocenters. The van der Waals surface area contributed by atoms with Crippen molar-refractivity contribution in [3.63, 3.8) is 0 Å². The van der Waals surface area contributed by atoms with Crippen molar-refractivity contribution in [3.05, 3.63) is 0 Å². The van der Waals surface area contributed by atoms with Crippen molar-refractivity contribution in [1.29, 1.82) is 0 Å². The summed E-state index contributed by atoms with van der Waals surface area (Å²) >= 11 is 0. The van der Waals surface area contributed by atoms with Crippen LogP contribution in [-0.4, -0.2) is 51.1 Å². The molecule has 0 bridgehead atoms. The Hall–Kier alpha value is -0.170. The zero-order chi connectivity index (χ0) is 14.7. The second-order valence-corrected chi connectivity index (χ2v) is 8.10. The van der Waals surface area contributed by atoms with Gasteiger partial charge in [-0.15, -0.1) is 0 Å². The van der Waals surface area contributed by atoms with Crippen LogP contribution in [0.4, 0.5) is 0 Å². The molecule has 0 spiro atoms. The molecule has 1 aliphatic rings. The zero-order valence-electron chi connectivity index (χ0n) is 12.3. The fourth-order valence-corrected chi connectivity index (χ4v) is 4.04. The summed E-state index contributed by atoms with van der Waals surface area (Å²) in [5.74, 6) is -0.0335. The molecular formula is C13H26O5S. The first-order valence-corrected chi connectivity index (χ1v) is 8.63. The standard InChI is InChI=1S/C13H26O5S/c1-13(14,9-12(17-2)18-3)10-6-5-7-11(8-10)19(4,15)16/h10-12,14H,5-9H2,1-4H3. The van der Waals surface area contributed by atoms with Gasteiger partial charge in [0.25, 0.3) is 0 Å². The monoisotopic (exact) mass is 294 g/mol. The smallest absolute Gasteiger partial charge is 0.159 e. The van der Waals surface area contributed by atoms with Crippen LogP contribution in [0.25, 0.3) is 0 Å². The highest BCUT2D eigenvalue weighted by molar-refractivity contribution is 7.91. The van der Waals surface area contributed by atoms with Crippen LogP contribution in [0.2, 0.25) is 0 Å². The summed E-state index contributed by atoms with van der Waals surface area (Å²) in [6.07, 6.45) is 4.06. The van der Waals surface area contributed by atoms with Crippen molar-refractivity contribution in [2.75, 3.05) is 20.5 Å². The van der Waals surface area contributed by atoms with Gasteiger partial charge in [-0.2, -0.15) is 0 Å². The molecule has 1 fully saturated rings. The van der Waals surface area contributed by atoms with E-state index in [-0.39, 0.29) is 11.2 Å². The Morgan fingerprint density at radius 3 is 2.37 bits per heavy atom. The van der Waals surface area contributed by atoms with Crippen molar-refractivity contribution < 1.29 is 23.0 Å². The van der Waals surface area contributed by atoms with Crippen molar-refractivity contribution >= 4 is 9.84 Å². The van der Waals surface area contributed by atoms with E-state index < -0.39 is 21.7 Å². The Balaban J connectivity index is 2.72. The lowest BCUT2D eigenvalue weighted by atomic mass is 9.76. The topological polar surface area (TPSA) is 72.8 Å². The van der Waals surface area contributed by atoms with Gasteiger partial charge in [-0.1, -0.05) is 6.42 Å². The highest BCUT2D eigenvalue weighted by Gasteiger charge is 2.40. The van der Waals surface area contributed by atoms with Crippen LogP contribution < -0.4 is 0 Å². The van der Waals surface area contributed by atoms with Crippen LogP contribution in [0.1, 0.15) is 39.0 Å². The molecule has 0 radical (unpaired) electrons. The van der Waals surface area contributed by atoms with E-state index in [9.17, 15) is 13.5 Å². The van der Waals surface area contributed by atoms with E-state index in [1.165, 1.54) is 20.5 Å². The van der Waals surface area contributed by atoms with Crippen molar-refractivity contribution in [3.8, 4) is 0 Å². The van der Waals surface area contributed by atoms with Gasteiger partial charge in [0.15, 0.2) is 6.29 Å². The van der Waals surface area contributed by atoms with Gasteiger partial charge in [0.1, 0.15) is 9.84 Å². The molecular weight excluding hydrogens is 268 g/mol. The summed E-state index contributed by atoms with van der Waals surface area (Å²) in [6.45, 7) is 1.74. The van der Waals surface area contributed by atoms with Crippen LogP contribution in [-0.2, 0) is 19.3 Å². The third-order valence-electron chi connectivity index (χ3n) is 4.22. The predicted octanol–water partition coefficient (Wildman–Crippen LogP) is 1.35. The van der Waals surface area contributed by atoms with Gasteiger partial charge >= 0.3 is 0 Å². The van der Waals surface area contributed by atoms with Crippen LogP contribution in [0.3, 0.4) is 0 Å². The molecule has 0 aromatic carbocycles. The van der Waals surface area contributed by atoms with E-state index in [1.54, 1.807) is 6.92 Å². The maximum absolute atomic E-state index is 11.7. The van der Waals surface area contributed by atoms with Gasteiger partial charge in [-0.05, 0) is 32.1 Å². The summed E-state index contributed by atoms with van der Waals surface area (Å²) in [4.78, 5) is 0. The Bertz CT molecular complexity index is 372. The van der Waals surface area contributed by atoms with E-state index in [0.29, 0.717) is 19.3 Å². The number of hydrogen-bond acceptors (Lipinski definition) is 5. The zero-order valence-corrected chi connectivity index (χ0v) is 13.1. The molecule has 1 aliphatic carbocycles. The Morgan fingerprint density at radius 1 is 1.32 bits per heavy atom. The second-order valence-electron chi connectivity index (χ2n) is 5.78. The minimum Gasteiger partial charge on any atom is -0.390 e. The highest BCUT2D eigenvalue weighted by atomic mass is 32.2. The van der Waals surface area contributed by atoms with Gasteiger partial charge in [0.05, 0.1) is 10.9 Å². The molecule has 0 aromatic heterocycles. The van der Waals surface area contributed by atoms with Gasteiger partial charge in [0.2, 0.25) is 0 Å². The number of aliphatic hydroxyl groups is 1. The molecule has 0 saturated heterocycles. The normalized spacial score (nSPS) is 28.3. The Labute approximate surface area is 116 Å². The largest absolute Gasteiger partial charge is 0.390 e.